The quantitative estimate of drug-likeness (QED) is 0.542. The van der Waals surface area contributed by atoms with E-state index >= 15 is 0 Å². The monoisotopic (exact) mass is 436 g/mol. The van der Waals surface area contributed by atoms with Crippen LogP contribution in [0.3, 0.4) is 0 Å². The van der Waals surface area contributed by atoms with Crippen molar-refractivity contribution >= 4 is 62.8 Å². The third-order valence-corrected chi connectivity index (χ3v) is 3.86. The standard InChI is InChI=1S/C12H10I2N2/c13-15-11-8-4-5-9-12(11)16(14)10-6-2-1-3-7-10/h1-9,15H. The zero-order chi connectivity index (χ0) is 11.4. The minimum absolute atomic E-state index is 1.11. The van der Waals surface area contributed by atoms with Crippen LogP contribution in [0.5, 0.6) is 0 Å². The average Bonchev–Trinajstić information content (AvgIpc) is 2.39. The molecule has 0 aliphatic carbocycles. The zero-order valence-corrected chi connectivity index (χ0v) is 12.7. The first-order chi connectivity index (χ1) is 7.83. The van der Waals surface area contributed by atoms with Gasteiger partial charge in [0.05, 0.1) is 62.8 Å². The number of rotatable bonds is 3. The third kappa shape index (κ3) is 2.60. The first kappa shape index (κ1) is 12.0. The minimum Gasteiger partial charge on any atom is -0.327 e. The lowest BCUT2D eigenvalue weighted by Gasteiger charge is -2.19. The maximum atomic E-state index is 3.17. The van der Waals surface area contributed by atoms with Crippen LogP contribution in [0.25, 0.3) is 0 Å². The summed E-state index contributed by atoms with van der Waals surface area (Å²) in [6.45, 7) is 0. The van der Waals surface area contributed by atoms with Crippen LogP contribution in [0.4, 0.5) is 17.1 Å². The van der Waals surface area contributed by atoms with E-state index in [4.69, 9.17) is 0 Å². The first-order valence-electron chi connectivity index (χ1n) is 4.79. The van der Waals surface area contributed by atoms with Crippen molar-refractivity contribution in [2.75, 3.05) is 6.64 Å². The molecule has 2 rings (SSSR count). The molecule has 0 atom stereocenters. The number of halogens is 2. The summed E-state index contributed by atoms with van der Waals surface area (Å²) in [5.74, 6) is 0. The Balaban J connectivity index is 2.37. The van der Waals surface area contributed by atoms with E-state index in [0.29, 0.717) is 0 Å². The van der Waals surface area contributed by atoms with Crippen molar-refractivity contribution in [1.29, 1.82) is 0 Å². The molecule has 0 unspecified atom stereocenters. The smallest absolute Gasteiger partial charge is 0.0749 e. The van der Waals surface area contributed by atoms with E-state index in [-0.39, 0.29) is 0 Å². The number of hydrogen-bond acceptors (Lipinski definition) is 2. The predicted molar refractivity (Wildman–Crippen MR) is 86.7 cm³/mol. The molecule has 0 aliphatic rings. The fourth-order valence-corrected chi connectivity index (χ4v) is 2.62. The first-order valence-corrected chi connectivity index (χ1v) is 6.84. The minimum atomic E-state index is 1.11. The van der Waals surface area contributed by atoms with Crippen molar-refractivity contribution in [2.45, 2.75) is 0 Å². The molecule has 0 fully saturated rings. The Bertz CT molecular complexity index is 460. The van der Waals surface area contributed by atoms with Crippen LogP contribution in [0.1, 0.15) is 0 Å². The molecular formula is C12H10I2N2. The number of para-hydroxylation sites is 3. The van der Waals surface area contributed by atoms with Gasteiger partial charge in [-0.15, -0.1) is 0 Å². The highest BCUT2D eigenvalue weighted by Gasteiger charge is 2.08. The lowest BCUT2D eigenvalue weighted by molar-refractivity contribution is 1.47. The summed E-state index contributed by atoms with van der Waals surface area (Å²) in [6.07, 6.45) is 0. The zero-order valence-electron chi connectivity index (χ0n) is 8.40. The average molecular weight is 436 g/mol. The summed E-state index contributed by atoms with van der Waals surface area (Å²) < 4.78 is 5.31. The molecule has 0 spiro atoms. The van der Waals surface area contributed by atoms with Gasteiger partial charge in [0.2, 0.25) is 0 Å². The highest BCUT2D eigenvalue weighted by atomic mass is 127. The maximum Gasteiger partial charge on any atom is 0.0749 e. The molecule has 2 aromatic rings. The molecule has 16 heavy (non-hydrogen) atoms. The Labute approximate surface area is 123 Å². The highest BCUT2D eigenvalue weighted by Crippen LogP contribution is 2.35. The lowest BCUT2D eigenvalue weighted by Crippen LogP contribution is -2.02. The van der Waals surface area contributed by atoms with Crippen LogP contribution in [0, 0.1) is 0 Å². The normalized spacial score (nSPS) is 9.88. The Morgan fingerprint density at radius 3 is 2.19 bits per heavy atom. The van der Waals surface area contributed by atoms with E-state index in [1.807, 2.05) is 30.3 Å². The van der Waals surface area contributed by atoms with Crippen LogP contribution in [-0.2, 0) is 0 Å². The third-order valence-electron chi connectivity index (χ3n) is 2.20. The van der Waals surface area contributed by atoms with Gasteiger partial charge < -0.3 is 3.53 Å². The Kier molecular flexibility index (Phi) is 4.28. The van der Waals surface area contributed by atoms with Gasteiger partial charge in [-0.25, -0.2) is 0 Å². The summed E-state index contributed by atoms with van der Waals surface area (Å²) in [6, 6.07) is 18.5. The van der Waals surface area contributed by atoms with Crippen LogP contribution < -0.4 is 6.64 Å². The highest BCUT2D eigenvalue weighted by molar-refractivity contribution is 14.1. The predicted octanol–water partition coefficient (Wildman–Crippen LogP) is 4.94. The summed E-state index contributed by atoms with van der Waals surface area (Å²) >= 11 is 4.46. The summed E-state index contributed by atoms with van der Waals surface area (Å²) in [5, 5.41) is 0. The molecule has 1 N–H and O–H groups in total. The molecule has 0 amide bonds. The van der Waals surface area contributed by atoms with Gasteiger partial charge in [-0.05, 0) is 24.3 Å². The van der Waals surface area contributed by atoms with Crippen molar-refractivity contribution < 1.29 is 0 Å². The van der Waals surface area contributed by atoms with Crippen LogP contribution >= 0.6 is 45.7 Å². The molecule has 2 aromatic carbocycles. The number of benzene rings is 2. The van der Waals surface area contributed by atoms with E-state index in [9.17, 15) is 0 Å². The van der Waals surface area contributed by atoms with E-state index in [1.54, 1.807) is 0 Å². The Morgan fingerprint density at radius 2 is 1.50 bits per heavy atom. The number of nitrogens with zero attached hydrogens (tertiary/aromatic N) is 1. The van der Waals surface area contributed by atoms with E-state index in [1.165, 1.54) is 5.69 Å². The number of nitrogens with one attached hydrogen (secondary N) is 1. The van der Waals surface area contributed by atoms with Gasteiger partial charge >= 0.3 is 0 Å². The second kappa shape index (κ2) is 5.72. The second-order valence-electron chi connectivity index (χ2n) is 3.23. The lowest BCUT2D eigenvalue weighted by atomic mass is 10.2. The fourth-order valence-electron chi connectivity index (χ4n) is 1.42. The van der Waals surface area contributed by atoms with E-state index in [2.05, 4.69) is 76.6 Å². The molecule has 0 saturated carbocycles. The van der Waals surface area contributed by atoms with Gasteiger partial charge in [0.1, 0.15) is 0 Å². The molecule has 0 saturated heterocycles. The molecule has 4 heteroatoms. The van der Waals surface area contributed by atoms with Gasteiger partial charge in [0.25, 0.3) is 0 Å². The largest absolute Gasteiger partial charge is 0.327 e. The van der Waals surface area contributed by atoms with Gasteiger partial charge in [-0.1, -0.05) is 30.3 Å². The SMILES string of the molecule is INc1ccccc1N(I)c1ccccc1. The van der Waals surface area contributed by atoms with E-state index in [0.717, 1.165) is 11.4 Å². The van der Waals surface area contributed by atoms with Crippen molar-refractivity contribution in [2.24, 2.45) is 0 Å². The maximum absolute atomic E-state index is 3.17. The summed E-state index contributed by atoms with van der Waals surface area (Å²) in [5.41, 5.74) is 3.44. The van der Waals surface area contributed by atoms with E-state index < -0.39 is 0 Å². The second-order valence-corrected chi connectivity index (χ2v) is 4.73. The van der Waals surface area contributed by atoms with Crippen molar-refractivity contribution in [1.82, 2.24) is 0 Å². The Hall–Kier alpha value is -0.500. The van der Waals surface area contributed by atoms with Crippen molar-refractivity contribution in [3.05, 3.63) is 54.6 Å². The van der Waals surface area contributed by atoms with Gasteiger partial charge in [-0.3, -0.25) is 3.11 Å². The van der Waals surface area contributed by atoms with Crippen LogP contribution in [0.2, 0.25) is 0 Å². The Morgan fingerprint density at radius 1 is 0.875 bits per heavy atom. The molecule has 0 heterocycles. The molecule has 2 nitrogen and oxygen atoms in total. The van der Waals surface area contributed by atoms with Crippen LogP contribution in [-0.4, -0.2) is 0 Å². The van der Waals surface area contributed by atoms with Gasteiger partial charge in [0.15, 0.2) is 0 Å². The van der Waals surface area contributed by atoms with Crippen molar-refractivity contribution in [3.8, 4) is 0 Å². The molecule has 0 aliphatic heterocycles. The topological polar surface area (TPSA) is 15.3 Å². The van der Waals surface area contributed by atoms with Crippen molar-refractivity contribution in [3.63, 3.8) is 0 Å². The van der Waals surface area contributed by atoms with Gasteiger partial charge in [-0.2, -0.15) is 0 Å². The van der Waals surface area contributed by atoms with Gasteiger partial charge in [0, 0.05) is 0 Å². The number of hydrogen-bond donors (Lipinski definition) is 1. The number of anilines is 3. The molecular weight excluding hydrogens is 426 g/mol. The molecule has 82 valence electrons. The van der Waals surface area contributed by atoms with Crippen LogP contribution in [0.15, 0.2) is 54.6 Å². The summed E-state index contributed by atoms with van der Waals surface area (Å²) in [7, 11) is 0. The fraction of sp³-hybridized carbons (Fsp3) is 0. The summed E-state index contributed by atoms with van der Waals surface area (Å²) in [4.78, 5) is 0. The molecule has 0 aromatic heterocycles. The molecule has 0 radical (unpaired) electrons. The molecule has 0 bridgehead atoms.